The molecule has 0 aromatic rings. The first-order valence-electron chi connectivity index (χ1n) is 8.88. The zero-order valence-corrected chi connectivity index (χ0v) is 16.2. The van der Waals surface area contributed by atoms with E-state index in [1.807, 2.05) is 0 Å². The van der Waals surface area contributed by atoms with Gasteiger partial charge in [-0.1, -0.05) is 13.8 Å². The summed E-state index contributed by atoms with van der Waals surface area (Å²) in [5, 5.41) is 14.0. The predicted molar refractivity (Wildman–Crippen MR) is 103 cm³/mol. The smallest absolute Gasteiger partial charge is 0.326 e. The van der Waals surface area contributed by atoms with Crippen LogP contribution in [0.2, 0.25) is 0 Å². The molecule has 0 saturated carbocycles. The van der Waals surface area contributed by atoms with Crippen molar-refractivity contribution in [3.8, 4) is 0 Å². The Hall–Kier alpha value is -2.89. The topological polar surface area (TPSA) is 229 Å². The molecule has 0 radical (unpaired) electrons. The van der Waals surface area contributed by atoms with Gasteiger partial charge in [0.1, 0.15) is 12.1 Å². The first kappa shape index (κ1) is 25.1. The van der Waals surface area contributed by atoms with E-state index in [9.17, 15) is 24.3 Å². The number of nitrogens with one attached hydrogen (secondary N) is 2. The molecular weight excluding hydrogens is 370 g/mol. The standard InChI is InChI=1S/C16H31N7O5/c1-8(2)12(18)14(26)22-9(4-3-7-21-16(19)20)13(25)23-10(15(27)28)5-6-11(17)24/h8-10,12H,3-7,18H2,1-2H3,(H2,17,24)(H,22,26)(H,23,25)(H,27,28)(H4,19,20,21). The average Bonchev–Trinajstić information content (AvgIpc) is 2.59. The van der Waals surface area contributed by atoms with Crippen LogP contribution in [0.5, 0.6) is 0 Å². The van der Waals surface area contributed by atoms with E-state index < -0.39 is 41.8 Å². The Kier molecular flexibility index (Phi) is 11.2. The molecule has 0 aliphatic heterocycles. The number of carboxylic acids is 1. The van der Waals surface area contributed by atoms with E-state index in [1.165, 1.54) is 0 Å². The van der Waals surface area contributed by atoms with E-state index >= 15 is 0 Å². The van der Waals surface area contributed by atoms with E-state index in [0.717, 1.165) is 0 Å². The van der Waals surface area contributed by atoms with Gasteiger partial charge in [0.25, 0.3) is 0 Å². The Bertz CT molecular complexity index is 590. The maximum atomic E-state index is 12.5. The highest BCUT2D eigenvalue weighted by atomic mass is 16.4. The van der Waals surface area contributed by atoms with Crippen LogP contribution < -0.4 is 33.6 Å². The number of carbonyl (C=O) groups is 4. The lowest BCUT2D eigenvalue weighted by atomic mass is 10.0. The van der Waals surface area contributed by atoms with E-state index in [0.29, 0.717) is 6.42 Å². The number of guanidine groups is 1. The maximum absolute atomic E-state index is 12.5. The van der Waals surface area contributed by atoms with Crippen molar-refractivity contribution in [2.45, 2.75) is 57.7 Å². The van der Waals surface area contributed by atoms with Gasteiger partial charge in [0.2, 0.25) is 17.7 Å². The molecule has 160 valence electrons. The quantitative estimate of drug-likeness (QED) is 0.0975. The zero-order valence-electron chi connectivity index (χ0n) is 16.2. The molecule has 0 aliphatic rings. The number of rotatable bonds is 13. The minimum absolute atomic E-state index is 0.107. The van der Waals surface area contributed by atoms with Crippen molar-refractivity contribution in [1.29, 1.82) is 0 Å². The molecule has 3 amide bonds. The molecule has 0 fully saturated rings. The number of carbonyl (C=O) groups excluding carboxylic acids is 3. The predicted octanol–water partition coefficient (Wildman–Crippen LogP) is -2.66. The van der Waals surface area contributed by atoms with Gasteiger partial charge in [0, 0.05) is 13.0 Å². The molecule has 0 rings (SSSR count). The summed E-state index contributed by atoms with van der Waals surface area (Å²) in [6.07, 6.45) is 0.126. The SMILES string of the molecule is CC(C)C(N)C(=O)NC(CCCN=C(N)N)C(=O)NC(CCC(N)=O)C(=O)O. The second-order valence-electron chi connectivity index (χ2n) is 6.68. The fraction of sp³-hybridized carbons (Fsp3) is 0.688. The van der Waals surface area contributed by atoms with Gasteiger partial charge in [0.15, 0.2) is 5.96 Å². The number of aliphatic carboxylic acids is 1. The van der Waals surface area contributed by atoms with Crippen molar-refractivity contribution in [3.05, 3.63) is 0 Å². The summed E-state index contributed by atoms with van der Waals surface area (Å²) in [6, 6.07) is -3.20. The van der Waals surface area contributed by atoms with Gasteiger partial charge < -0.3 is 38.7 Å². The van der Waals surface area contributed by atoms with E-state index in [1.54, 1.807) is 13.8 Å². The number of primary amides is 1. The molecule has 0 aliphatic carbocycles. The molecule has 0 spiro atoms. The van der Waals surface area contributed by atoms with Crippen LogP contribution >= 0.6 is 0 Å². The molecule has 11 N–H and O–H groups in total. The Morgan fingerprint density at radius 3 is 2.00 bits per heavy atom. The third-order valence-corrected chi connectivity index (χ3v) is 3.89. The van der Waals surface area contributed by atoms with Crippen molar-refractivity contribution in [2.75, 3.05) is 6.54 Å². The van der Waals surface area contributed by atoms with Crippen LogP contribution in [0.1, 0.15) is 39.5 Å². The Balaban J connectivity index is 5.13. The van der Waals surface area contributed by atoms with E-state index in [-0.39, 0.29) is 37.7 Å². The van der Waals surface area contributed by atoms with Crippen LogP contribution in [0.4, 0.5) is 0 Å². The third-order valence-electron chi connectivity index (χ3n) is 3.89. The van der Waals surface area contributed by atoms with Crippen LogP contribution in [0.25, 0.3) is 0 Å². The molecule has 12 heteroatoms. The number of hydrogen-bond donors (Lipinski definition) is 7. The molecule has 0 heterocycles. The minimum atomic E-state index is -1.32. The third kappa shape index (κ3) is 10.3. The molecule has 0 aromatic carbocycles. The second kappa shape index (κ2) is 12.5. The molecule has 3 atom stereocenters. The van der Waals surface area contributed by atoms with E-state index in [2.05, 4.69) is 15.6 Å². The monoisotopic (exact) mass is 401 g/mol. The molecule has 0 bridgehead atoms. The minimum Gasteiger partial charge on any atom is -0.480 e. The van der Waals surface area contributed by atoms with Crippen LogP contribution in [-0.2, 0) is 19.2 Å². The number of hydrogen-bond acceptors (Lipinski definition) is 6. The summed E-state index contributed by atoms with van der Waals surface area (Å²) in [6.45, 7) is 3.73. The van der Waals surface area contributed by atoms with Crippen molar-refractivity contribution in [3.63, 3.8) is 0 Å². The number of amides is 3. The summed E-state index contributed by atoms with van der Waals surface area (Å²) in [5.41, 5.74) is 21.3. The molecule has 0 saturated heterocycles. The van der Waals surface area contributed by atoms with Crippen molar-refractivity contribution < 1.29 is 24.3 Å². The molecule has 0 aromatic heterocycles. The van der Waals surface area contributed by atoms with Gasteiger partial charge in [-0.15, -0.1) is 0 Å². The molecule has 28 heavy (non-hydrogen) atoms. The van der Waals surface area contributed by atoms with Gasteiger partial charge in [0.05, 0.1) is 6.04 Å². The lowest BCUT2D eigenvalue weighted by molar-refractivity contribution is -0.142. The second-order valence-corrected chi connectivity index (χ2v) is 6.68. The van der Waals surface area contributed by atoms with Crippen molar-refractivity contribution in [1.82, 2.24) is 10.6 Å². The fourth-order valence-corrected chi connectivity index (χ4v) is 2.16. The maximum Gasteiger partial charge on any atom is 0.326 e. The Morgan fingerprint density at radius 2 is 1.54 bits per heavy atom. The highest BCUT2D eigenvalue weighted by Gasteiger charge is 2.28. The molecule has 12 nitrogen and oxygen atoms in total. The lowest BCUT2D eigenvalue weighted by Gasteiger charge is -2.23. The number of nitrogens with zero attached hydrogens (tertiary/aromatic N) is 1. The van der Waals surface area contributed by atoms with Gasteiger partial charge >= 0.3 is 5.97 Å². The van der Waals surface area contributed by atoms with Gasteiger partial charge in [-0.05, 0) is 25.2 Å². The highest BCUT2D eigenvalue weighted by molar-refractivity contribution is 5.92. The normalized spacial score (nSPS) is 13.9. The summed E-state index contributed by atoms with van der Waals surface area (Å²) in [7, 11) is 0. The zero-order chi connectivity index (χ0) is 21.9. The van der Waals surface area contributed by atoms with E-state index in [4.69, 9.17) is 22.9 Å². The molecular formula is C16H31N7O5. The van der Waals surface area contributed by atoms with Crippen LogP contribution in [0.15, 0.2) is 4.99 Å². The largest absolute Gasteiger partial charge is 0.480 e. The summed E-state index contributed by atoms with van der Waals surface area (Å²) in [5.74, 6) is -3.53. The van der Waals surface area contributed by atoms with Crippen LogP contribution in [0, 0.1) is 5.92 Å². The first-order chi connectivity index (χ1) is 13.0. The summed E-state index contributed by atoms with van der Waals surface area (Å²) in [4.78, 5) is 50.7. The lowest BCUT2D eigenvalue weighted by Crippen LogP contribution is -2.55. The fourth-order valence-electron chi connectivity index (χ4n) is 2.16. The van der Waals surface area contributed by atoms with Crippen molar-refractivity contribution in [2.24, 2.45) is 33.8 Å². The van der Waals surface area contributed by atoms with Gasteiger partial charge in [-0.25, -0.2) is 4.79 Å². The molecule has 3 unspecified atom stereocenters. The van der Waals surface area contributed by atoms with Crippen LogP contribution in [0.3, 0.4) is 0 Å². The number of aliphatic imine (C=N–C) groups is 1. The highest BCUT2D eigenvalue weighted by Crippen LogP contribution is 2.05. The summed E-state index contributed by atoms with van der Waals surface area (Å²) < 4.78 is 0. The average molecular weight is 401 g/mol. The van der Waals surface area contributed by atoms with Gasteiger partial charge in [-0.2, -0.15) is 0 Å². The Morgan fingerprint density at radius 1 is 0.964 bits per heavy atom. The first-order valence-corrected chi connectivity index (χ1v) is 8.88. The Labute approximate surface area is 163 Å². The van der Waals surface area contributed by atoms with Gasteiger partial charge in [-0.3, -0.25) is 19.4 Å². The van der Waals surface area contributed by atoms with Crippen LogP contribution in [-0.4, -0.2) is 59.4 Å². The summed E-state index contributed by atoms with van der Waals surface area (Å²) >= 11 is 0. The number of nitrogens with two attached hydrogens (primary N) is 4. The van der Waals surface area contributed by atoms with Crippen molar-refractivity contribution >= 4 is 29.7 Å². The number of carboxylic acid groups (broad SMARTS) is 1.